The molecule has 0 aliphatic rings. The number of aliphatic hydroxyl groups is 1. The quantitative estimate of drug-likeness (QED) is 0.169. The van der Waals surface area contributed by atoms with Crippen LogP contribution in [-0.2, 0) is 9.53 Å². The molecule has 0 fully saturated rings. The summed E-state index contributed by atoms with van der Waals surface area (Å²) in [5, 5.41) is 9.65. The molecule has 28 heavy (non-hydrogen) atoms. The van der Waals surface area contributed by atoms with Crippen LogP contribution < -0.4 is 0 Å². The molecule has 170 valence electrons. The first-order chi connectivity index (χ1) is 13.1. The topological polar surface area (TPSA) is 49.8 Å². The van der Waals surface area contributed by atoms with Gasteiger partial charge in [-0.2, -0.15) is 0 Å². The van der Waals surface area contributed by atoms with E-state index >= 15 is 0 Å². The molecular formula is C23H48BrNO3. The Bertz CT molecular complexity index is 327. The Morgan fingerprint density at radius 1 is 0.786 bits per heavy atom. The van der Waals surface area contributed by atoms with E-state index in [1.165, 1.54) is 83.5 Å². The number of hydrogen-bond acceptors (Lipinski definition) is 4. The number of halogens is 1. The summed E-state index contributed by atoms with van der Waals surface area (Å²) in [6, 6.07) is 0. The van der Waals surface area contributed by atoms with Crippen LogP contribution in [0.4, 0.5) is 0 Å². The molecule has 0 amide bonds. The lowest BCUT2D eigenvalue weighted by Gasteiger charge is -2.15. The largest absolute Gasteiger partial charge is 0.463 e. The lowest BCUT2D eigenvalue weighted by atomic mass is 10.0. The number of rotatable bonds is 20. The fraction of sp³-hybridized carbons (Fsp3) is 0.957. The first-order valence-electron chi connectivity index (χ1n) is 11.5. The van der Waals surface area contributed by atoms with Crippen molar-refractivity contribution in [3.8, 4) is 0 Å². The number of carbonyl (C=O) groups is 1. The van der Waals surface area contributed by atoms with Crippen LogP contribution in [0.1, 0.15) is 110 Å². The van der Waals surface area contributed by atoms with Crippen molar-refractivity contribution in [2.75, 3.05) is 27.2 Å². The minimum Gasteiger partial charge on any atom is -0.463 e. The van der Waals surface area contributed by atoms with Crippen LogP contribution in [0.15, 0.2) is 0 Å². The first kappa shape index (κ1) is 30.1. The lowest BCUT2D eigenvalue weighted by molar-refractivity contribution is -0.147. The number of likely N-dealkylation sites (N-methyl/N-ethyl adjacent to an activating group) is 1. The molecule has 0 heterocycles. The van der Waals surface area contributed by atoms with Gasteiger partial charge in [0.1, 0.15) is 12.7 Å². The standard InChI is InChI=1S/C23H47NO3.BrH/c1-4-5-6-7-8-9-10-11-12-13-14-15-16-17-18-19-23(26)27-21-22(25)20-24(2)3;/h22,25H,4-21H2,1-3H3;1H. The van der Waals surface area contributed by atoms with Crippen molar-refractivity contribution in [1.29, 1.82) is 0 Å². The van der Waals surface area contributed by atoms with Gasteiger partial charge in [0.15, 0.2) is 0 Å². The summed E-state index contributed by atoms with van der Waals surface area (Å²) >= 11 is 0. The van der Waals surface area contributed by atoms with E-state index in [1.54, 1.807) is 0 Å². The third kappa shape index (κ3) is 23.9. The maximum absolute atomic E-state index is 11.6. The van der Waals surface area contributed by atoms with Crippen LogP contribution in [0.5, 0.6) is 0 Å². The normalized spacial score (nSPS) is 12.0. The van der Waals surface area contributed by atoms with Crippen molar-refractivity contribution in [3.63, 3.8) is 0 Å². The number of ether oxygens (including phenoxy) is 1. The molecule has 0 aliphatic heterocycles. The second kappa shape index (κ2) is 23.2. The average molecular weight is 467 g/mol. The summed E-state index contributed by atoms with van der Waals surface area (Å²) in [5.74, 6) is -0.178. The fourth-order valence-corrected chi connectivity index (χ4v) is 3.38. The highest BCUT2D eigenvalue weighted by atomic mass is 79.9. The predicted octanol–water partition coefficient (Wildman–Crippen LogP) is 6.29. The van der Waals surface area contributed by atoms with Crippen molar-refractivity contribution < 1.29 is 14.6 Å². The summed E-state index contributed by atoms with van der Waals surface area (Å²) in [7, 11) is 3.78. The van der Waals surface area contributed by atoms with Gasteiger partial charge in [-0.3, -0.25) is 4.79 Å². The minimum absolute atomic E-state index is 0. The maximum Gasteiger partial charge on any atom is 0.305 e. The molecule has 1 N–H and O–H groups in total. The monoisotopic (exact) mass is 465 g/mol. The molecule has 5 heteroatoms. The van der Waals surface area contributed by atoms with Crippen LogP contribution in [0.25, 0.3) is 0 Å². The smallest absolute Gasteiger partial charge is 0.305 e. The summed E-state index contributed by atoms with van der Waals surface area (Å²) in [6.07, 6.45) is 19.7. The van der Waals surface area contributed by atoms with Gasteiger partial charge in [-0.15, -0.1) is 17.0 Å². The molecule has 1 unspecified atom stereocenters. The van der Waals surface area contributed by atoms with Gasteiger partial charge < -0.3 is 14.7 Å². The second-order valence-corrected chi connectivity index (χ2v) is 8.30. The molecule has 0 saturated heterocycles. The zero-order valence-electron chi connectivity index (χ0n) is 18.9. The van der Waals surface area contributed by atoms with Crippen molar-refractivity contribution in [2.24, 2.45) is 0 Å². The third-order valence-corrected chi connectivity index (χ3v) is 5.00. The van der Waals surface area contributed by atoms with E-state index in [9.17, 15) is 9.90 Å². The highest BCUT2D eigenvalue weighted by molar-refractivity contribution is 8.93. The van der Waals surface area contributed by atoms with E-state index in [1.807, 2.05) is 19.0 Å². The van der Waals surface area contributed by atoms with E-state index in [2.05, 4.69) is 6.92 Å². The second-order valence-electron chi connectivity index (χ2n) is 8.30. The Morgan fingerprint density at radius 3 is 1.57 bits per heavy atom. The molecule has 0 aromatic heterocycles. The molecule has 0 radical (unpaired) electrons. The van der Waals surface area contributed by atoms with E-state index in [-0.39, 0.29) is 29.6 Å². The SMILES string of the molecule is Br.CCCCCCCCCCCCCCCCCC(=O)OCC(O)CN(C)C. The predicted molar refractivity (Wildman–Crippen MR) is 125 cm³/mol. The Balaban J connectivity index is 0. The number of nitrogens with zero attached hydrogens (tertiary/aromatic N) is 1. The molecule has 0 bridgehead atoms. The summed E-state index contributed by atoms with van der Waals surface area (Å²) in [5.41, 5.74) is 0. The van der Waals surface area contributed by atoms with Crippen molar-refractivity contribution in [1.82, 2.24) is 4.90 Å². The fourth-order valence-electron chi connectivity index (χ4n) is 3.38. The summed E-state index contributed by atoms with van der Waals surface area (Å²) in [4.78, 5) is 13.5. The van der Waals surface area contributed by atoms with Gasteiger partial charge in [-0.1, -0.05) is 96.8 Å². The number of esters is 1. The Morgan fingerprint density at radius 2 is 1.18 bits per heavy atom. The van der Waals surface area contributed by atoms with Crippen LogP contribution >= 0.6 is 17.0 Å². The maximum atomic E-state index is 11.6. The molecule has 0 spiro atoms. The van der Waals surface area contributed by atoms with Crippen molar-refractivity contribution in [2.45, 2.75) is 116 Å². The van der Waals surface area contributed by atoms with E-state index in [0.29, 0.717) is 13.0 Å². The number of hydrogen-bond donors (Lipinski definition) is 1. The number of aliphatic hydroxyl groups excluding tert-OH is 1. The van der Waals surface area contributed by atoms with Gasteiger partial charge >= 0.3 is 5.97 Å². The van der Waals surface area contributed by atoms with E-state index in [0.717, 1.165) is 12.8 Å². The van der Waals surface area contributed by atoms with Crippen LogP contribution in [0.3, 0.4) is 0 Å². The average Bonchev–Trinajstić information content (AvgIpc) is 2.62. The number of carbonyl (C=O) groups excluding carboxylic acids is 1. The van der Waals surface area contributed by atoms with Crippen LogP contribution in [0, 0.1) is 0 Å². The van der Waals surface area contributed by atoms with E-state index in [4.69, 9.17) is 4.74 Å². The van der Waals surface area contributed by atoms with Crippen LogP contribution in [0.2, 0.25) is 0 Å². The minimum atomic E-state index is -0.593. The molecule has 0 aromatic rings. The zero-order valence-corrected chi connectivity index (χ0v) is 20.6. The molecule has 0 saturated carbocycles. The Kier molecular flexibility index (Phi) is 24.9. The molecule has 0 rings (SSSR count). The van der Waals surface area contributed by atoms with Crippen molar-refractivity contribution >= 4 is 23.0 Å². The van der Waals surface area contributed by atoms with Gasteiger partial charge in [0.2, 0.25) is 0 Å². The lowest BCUT2D eigenvalue weighted by Crippen LogP contribution is -2.30. The zero-order chi connectivity index (χ0) is 20.2. The van der Waals surface area contributed by atoms with Gasteiger partial charge in [0.05, 0.1) is 0 Å². The van der Waals surface area contributed by atoms with Gasteiger partial charge in [-0.25, -0.2) is 0 Å². The summed E-state index contributed by atoms with van der Waals surface area (Å²) < 4.78 is 5.11. The van der Waals surface area contributed by atoms with Gasteiger partial charge in [0.25, 0.3) is 0 Å². The molecule has 0 aliphatic carbocycles. The van der Waals surface area contributed by atoms with E-state index < -0.39 is 6.10 Å². The first-order valence-corrected chi connectivity index (χ1v) is 11.5. The molecule has 0 aromatic carbocycles. The molecule has 1 atom stereocenters. The van der Waals surface area contributed by atoms with Gasteiger partial charge in [-0.05, 0) is 20.5 Å². The Labute approximate surface area is 185 Å². The highest BCUT2D eigenvalue weighted by Gasteiger charge is 2.09. The van der Waals surface area contributed by atoms with Crippen molar-refractivity contribution in [3.05, 3.63) is 0 Å². The third-order valence-electron chi connectivity index (χ3n) is 5.00. The summed E-state index contributed by atoms with van der Waals surface area (Å²) in [6.45, 7) is 2.90. The molecule has 4 nitrogen and oxygen atoms in total. The molecular weight excluding hydrogens is 418 g/mol. The number of unbranched alkanes of at least 4 members (excludes halogenated alkanes) is 14. The Hall–Kier alpha value is -0.130. The van der Waals surface area contributed by atoms with Gasteiger partial charge in [0, 0.05) is 13.0 Å². The highest BCUT2D eigenvalue weighted by Crippen LogP contribution is 2.13. The van der Waals surface area contributed by atoms with Crippen LogP contribution in [-0.4, -0.2) is 49.3 Å².